The van der Waals surface area contributed by atoms with E-state index in [0.29, 0.717) is 5.70 Å². The van der Waals surface area contributed by atoms with Gasteiger partial charge in [0, 0.05) is 12.6 Å². The maximum atomic E-state index is 10.8. The summed E-state index contributed by atoms with van der Waals surface area (Å²) in [7, 11) is 0. The van der Waals surface area contributed by atoms with E-state index in [0.717, 1.165) is 0 Å². The number of guanidine groups is 1. The average Bonchev–Trinajstić information content (AvgIpc) is 2.16. The fraction of sp³-hybridized carbons (Fsp3) is 0.400. The highest BCUT2D eigenvalue weighted by atomic mass is 16.4. The molecule has 88 valence electrons. The Kier molecular flexibility index (Phi) is 5.69. The van der Waals surface area contributed by atoms with Crippen molar-refractivity contribution in [2.45, 2.75) is 27.7 Å². The lowest BCUT2D eigenvalue weighted by atomic mass is 10.4. The van der Waals surface area contributed by atoms with Crippen LogP contribution < -0.4 is 5.32 Å². The number of carboxylic acid groups (broad SMARTS) is 1. The van der Waals surface area contributed by atoms with Gasteiger partial charge >= 0.3 is 5.97 Å². The van der Waals surface area contributed by atoms with Crippen LogP contribution in [0.1, 0.15) is 27.7 Å². The van der Waals surface area contributed by atoms with Crippen LogP contribution >= 0.6 is 0 Å². The molecule has 2 N–H and O–H groups in total. The summed E-state index contributed by atoms with van der Waals surface area (Å²) in [5, 5.41) is 11.0. The lowest BCUT2D eigenvalue weighted by Crippen LogP contribution is -2.28. The molecule has 6 nitrogen and oxygen atoms in total. The fourth-order valence-electron chi connectivity index (χ4n) is 0.677. The van der Waals surface area contributed by atoms with E-state index in [-0.39, 0.29) is 17.6 Å². The van der Waals surface area contributed by atoms with Crippen LogP contribution in [-0.4, -0.2) is 28.7 Å². The summed E-state index contributed by atoms with van der Waals surface area (Å²) in [5.41, 5.74) is 0.488. The first-order chi connectivity index (χ1) is 7.36. The largest absolute Gasteiger partial charge is 0.477 e. The molecule has 0 aliphatic rings. The molecule has 0 saturated carbocycles. The molecule has 0 heterocycles. The van der Waals surface area contributed by atoms with Gasteiger partial charge in [-0.25, -0.2) is 14.8 Å². The SMILES string of the molecule is C/C=C(/C)N=C(N=C(C)C(=O)O)NC(C)=O. The lowest BCUT2D eigenvalue weighted by molar-refractivity contribution is -0.129. The molecule has 0 rings (SSSR count). The van der Waals surface area contributed by atoms with Gasteiger partial charge in [-0.2, -0.15) is 0 Å². The van der Waals surface area contributed by atoms with Crippen LogP contribution in [0, 0.1) is 0 Å². The molecular weight excluding hydrogens is 210 g/mol. The van der Waals surface area contributed by atoms with E-state index in [1.807, 2.05) is 0 Å². The zero-order valence-electron chi connectivity index (χ0n) is 9.74. The normalized spacial score (nSPS) is 13.6. The first-order valence-corrected chi connectivity index (χ1v) is 4.64. The highest BCUT2D eigenvalue weighted by Gasteiger charge is 2.06. The van der Waals surface area contributed by atoms with Gasteiger partial charge in [-0.15, -0.1) is 0 Å². The second-order valence-electron chi connectivity index (χ2n) is 3.05. The molecule has 0 bridgehead atoms. The molecule has 0 radical (unpaired) electrons. The van der Waals surface area contributed by atoms with Gasteiger partial charge in [0.1, 0.15) is 5.71 Å². The number of allylic oxidation sites excluding steroid dienone is 2. The Bertz CT molecular complexity index is 381. The van der Waals surface area contributed by atoms with Crippen LogP contribution in [0.3, 0.4) is 0 Å². The van der Waals surface area contributed by atoms with Crippen molar-refractivity contribution in [3.05, 3.63) is 11.8 Å². The maximum absolute atomic E-state index is 10.8. The van der Waals surface area contributed by atoms with Crippen molar-refractivity contribution in [1.82, 2.24) is 5.32 Å². The van der Waals surface area contributed by atoms with Crippen molar-refractivity contribution in [3.63, 3.8) is 0 Å². The second kappa shape index (κ2) is 6.49. The molecule has 0 saturated heterocycles. The van der Waals surface area contributed by atoms with Gasteiger partial charge in [-0.3, -0.25) is 10.1 Å². The van der Waals surface area contributed by atoms with E-state index < -0.39 is 5.97 Å². The van der Waals surface area contributed by atoms with Crippen LogP contribution in [-0.2, 0) is 9.59 Å². The van der Waals surface area contributed by atoms with E-state index >= 15 is 0 Å². The molecule has 0 aromatic rings. The summed E-state index contributed by atoms with van der Waals surface area (Å²) in [6.07, 6.45) is 1.72. The summed E-state index contributed by atoms with van der Waals surface area (Å²) in [4.78, 5) is 29.1. The predicted octanol–water partition coefficient (Wildman–Crippen LogP) is 0.948. The number of aliphatic carboxylic acids is 1. The third-order valence-electron chi connectivity index (χ3n) is 1.57. The fourth-order valence-corrected chi connectivity index (χ4v) is 0.677. The van der Waals surface area contributed by atoms with Crippen molar-refractivity contribution in [1.29, 1.82) is 0 Å². The molecule has 0 aliphatic carbocycles. The van der Waals surface area contributed by atoms with E-state index in [1.54, 1.807) is 19.9 Å². The lowest BCUT2D eigenvalue weighted by Gasteiger charge is -2.02. The van der Waals surface area contributed by atoms with Crippen molar-refractivity contribution in [2.75, 3.05) is 0 Å². The Morgan fingerprint density at radius 2 is 1.75 bits per heavy atom. The van der Waals surface area contributed by atoms with Crippen molar-refractivity contribution < 1.29 is 14.7 Å². The Morgan fingerprint density at radius 1 is 1.19 bits per heavy atom. The Labute approximate surface area is 93.8 Å². The van der Waals surface area contributed by atoms with Crippen LogP contribution in [0.2, 0.25) is 0 Å². The molecule has 1 amide bonds. The third-order valence-corrected chi connectivity index (χ3v) is 1.57. The van der Waals surface area contributed by atoms with Crippen LogP contribution in [0.25, 0.3) is 0 Å². The number of hydrogen-bond acceptors (Lipinski definition) is 3. The number of carbonyl (C=O) groups excluding carboxylic acids is 1. The van der Waals surface area contributed by atoms with Gasteiger partial charge in [0.2, 0.25) is 11.9 Å². The smallest absolute Gasteiger partial charge is 0.350 e. The van der Waals surface area contributed by atoms with Crippen LogP contribution in [0.4, 0.5) is 0 Å². The van der Waals surface area contributed by atoms with E-state index in [9.17, 15) is 9.59 Å². The number of nitrogens with zero attached hydrogens (tertiary/aromatic N) is 2. The third kappa shape index (κ3) is 5.69. The van der Waals surface area contributed by atoms with Gasteiger partial charge in [0.05, 0.1) is 0 Å². The van der Waals surface area contributed by atoms with Gasteiger partial charge in [-0.1, -0.05) is 6.08 Å². The Balaban J connectivity index is 5.11. The Morgan fingerprint density at radius 3 is 2.12 bits per heavy atom. The number of rotatable bonds is 2. The molecule has 0 unspecified atom stereocenters. The molecule has 16 heavy (non-hydrogen) atoms. The van der Waals surface area contributed by atoms with Crippen LogP contribution in [0.5, 0.6) is 0 Å². The molecule has 6 heteroatoms. The highest BCUT2D eigenvalue weighted by Crippen LogP contribution is 1.95. The van der Waals surface area contributed by atoms with E-state index in [1.165, 1.54) is 13.8 Å². The topological polar surface area (TPSA) is 91.1 Å². The van der Waals surface area contributed by atoms with Crippen molar-refractivity contribution in [2.24, 2.45) is 9.98 Å². The maximum Gasteiger partial charge on any atom is 0.350 e. The number of nitrogens with one attached hydrogen (secondary N) is 1. The molecule has 0 aromatic heterocycles. The first kappa shape index (κ1) is 14.0. The standard InChI is InChI=1S/C10H15N3O3/c1-5-6(2)11-10(13-8(4)14)12-7(3)9(15)16/h5H,1-4H3,(H,15,16)(H,11,13,14)/b6-5-,12-7?. The summed E-state index contributed by atoms with van der Waals surface area (Å²) in [5.74, 6) is -1.54. The van der Waals surface area contributed by atoms with Crippen molar-refractivity contribution >= 4 is 23.5 Å². The van der Waals surface area contributed by atoms with E-state index in [2.05, 4.69) is 15.3 Å². The molecule has 0 aromatic carbocycles. The van der Waals surface area contributed by atoms with Crippen molar-refractivity contribution in [3.8, 4) is 0 Å². The molecule has 0 atom stereocenters. The Hall–Kier alpha value is -1.98. The van der Waals surface area contributed by atoms with Gasteiger partial charge in [0.15, 0.2) is 0 Å². The van der Waals surface area contributed by atoms with E-state index in [4.69, 9.17) is 5.11 Å². The number of hydrogen-bond donors (Lipinski definition) is 2. The number of aliphatic imine (C=N–C) groups is 2. The molecule has 0 fully saturated rings. The average molecular weight is 225 g/mol. The minimum atomic E-state index is -1.16. The summed E-state index contributed by atoms with van der Waals surface area (Å²) in [6.45, 7) is 6.11. The quantitative estimate of drug-likeness (QED) is 0.541. The molecule has 0 aliphatic heterocycles. The minimum absolute atomic E-state index is 0.0250. The zero-order chi connectivity index (χ0) is 12.7. The predicted molar refractivity (Wildman–Crippen MR) is 61.4 cm³/mol. The highest BCUT2D eigenvalue weighted by molar-refractivity contribution is 6.36. The number of carboxylic acids is 1. The summed E-state index contributed by atoms with van der Waals surface area (Å²) < 4.78 is 0. The second-order valence-corrected chi connectivity index (χ2v) is 3.05. The molecular formula is C10H15N3O3. The summed E-state index contributed by atoms with van der Waals surface area (Å²) >= 11 is 0. The first-order valence-electron chi connectivity index (χ1n) is 4.64. The van der Waals surface area contributed by atoms with Crippen LogP contribution in [0.15, 0.2) is 21.8 Å². The van der Waals surface area contributed by atoms with Gasteiger partial charge in [0.25, 0.3) is 0 Å². The molecule has 0 spiro atoms. The number of carbonyl (C=O) groups is 2. The zero-order valence-corrected chi connectivity index (χ0v) is 9.74. The number of amides is 1. The minimum Gasteiger partial charge on any atom is -0.477 e. The van der Waals surface area contributed by atoms with Gasteiger partial charge in [-0.05, 0) is 20.8 Å². The van der Waals surface area contributed by atoms with Gasteiger partial charge < -0.3 is 5.11 Å². The monoisotopic (exact) mass is 225 g/mol. The summed E-state index contributed by atoms with van der Waals surface area (Å²) in [6, 6.07) is 0.